The maximum atomic E-state index is 10.9. The molecule has 1 aliphatic rings. The fourth-order valence-electron chi connectivity index (χ4n) is 3.25. The summed E-state index contributed by atoms with van der Waals surface area (Å²) in [7, 11) is 0. The van der Waals surface area contributed by atoms with E-state index in [4.69, 9.17) is 5.11 Å². The number of hydrogen-bond acceptors (Lipinski definition) is 2. The summed E-state index contributed by atoms with van der Waals surface area (Å²) >= 11 is 0. The molecule has 0 aromatic heterocycles. The molecule has 1 aromatic carbocycles. The van der Waals surface area contributed by atoms with Crippen LogP contribution in [0.1, 0.15) is 48.5 Å². The van der Waals surface area contributed by atoms with Crippen molar-refractivity contribution in [3.05, 3.63) is 35.4 Å². The summed E-state index contributed by atoms with van der Waals surface area (Å²) in [4.78, 5) is 10.9. The molecule has 0 radical (unpaired) electrons. The van der Waals surface area contributed by atoms with E-state index in [0.717, 1.165) is 13.1 Å². The molecule has 0 spiro atoms. The number of rotatable bonds is 4. The van der Waals surface area contributed by atoms with E-state index in [-0.39, 0.29) is 0 Å². The Hall–Kier alpha value is -1.35. The second-order valence-corrected chi connectivity index (χ2v) is 5.78. The van der Waals surface area contributed by atoms with Gasteiger partial charge < -0.3 is 10.4 Å². The van der Waals surface area contributed by atoms with Crippen LogP contribution in [-0.2, 0) is 0 Å². The second kappa shape index (κ2) is 6.20. The second-order valence-electron chi connectivity index (χ2n) is 5.78. The third-order valence-electron chi connectivity index (χ3n) is 4.15. The normalized spacial score (nSPS) is 18.5. The predicted molar refractivity (Wildman–Crippen MR) is 76.6 cm³/mol. The van der Waals surface area contributed by atoms with Gasteiger partial charge in [-0.2, -0.15) is 0 Å². The molecule has 1 fully saturated rings. The molecular weight excluding hydrogens is 238 g/mol. The first-order valence-corrected chi connectivity index (χ1v) is 7.13. The average Bonchev–Trinajstić information content (AvgIpc) is 2.40. The summed E-state index contributed by atoms with van der Waals surface area (Å²) < 4.78 is 0. The molecule has 1 heterocycles. The van der Waals surface area contributed by atoms with Gasteiger partial charge in [0.15, 0.2) is 0 Å². The highest BCUT2D eigenvalue weighted by molar-refractivity contribution is 5.87. The number of nitrogens with one attached hydrogen (secondary N) is 1. The van der Waals surface area contributed by atoms with Gasteiger partial charge in [-0.05, 0) is 61.4 Å². The molecule has 3 nitrogen and oxygen atoms in total. The maximum absolute atomic E-state index is 10.9. The highest BCUT2D eigenvalue weighted by atomic mass is 16.4. The Morgan fingerprint density at radius 3 is 2.26 bits per heavy atom. The van der Waals surface area contributed by atoms with Gasteiger partial charge in [-0.15, -0.1) is 0 Å². The molecular formula is C16H23NO2. The third kappa shape index (κ3) is 3.35. The highest BCUT2D eigenvalue weighted by Gasteiger charge is 2.27. The average molecular weight is 261 g/mol. The Bertz CT molecular complexity index is 419. The molecule has 0 amide bonds. The van der Waals surface area contributed by atoms with Gasteiger partial charge >= 0.3 is 5.97 Å². The Labute approximate surface area is 115 Å². The van der Waals surface area contributed by atoms with Crippen molar-refractivity contribution in [2.75, 3.05) is 13.1 Å². The van der Waals surface area contributed by atoms with Crippen molar-refractivity contribution in [2.45, 2.75) is 32.6 Å². The molecule has 0 saturated carbocycles. The summed E-state index contributed by atoms with van der Waals surface area (Å²) in [6.07, 6.45) is 2.42. The van der Waals surface area contributed by atoms with Crippen molar-refractivity contribution in [2.24, 2.45) is 11.8 Å². The van der Waals surface area contributed by atoms with Gasteiger partial charge in [-0.25, -0.2) is 4.79 Å². The molecule has 3 heteroatoms. The maximum Gasteiger partial charge on any atom is 0.335 e. The largest absolute Gasteiger partial charge is 0.478 e. The minimum atomic E-state index is -0.852. The summed E-state index contributed by atoms with van der Waals surface area (Å²) in [5.41, 5.74) is 1.66. The van der Waals surface area contributed by atoms with Crippen molar-refractivity contribution in [3.8, 4) is 0 Å². The van der Waals surface area contributed by atoms with Crippen molar-refractivity contribution < 1.29 is 9.90 Å². The lowest BCUT2D eigenvalue weighted by Gasteiger charge is -2.33. The number of carboxylic acid groups (broad SMARTS) is 1. The van der Waals surface area contributed by atoms with Crippen molar-refractivity contribution in [3.63, 3.8) is 0 Å². The fraction of sp³-hybridized carbons (Fsp3) is 0.562. The zero-order chi connectivity index (χ0) is 13.8. The van der Waals surface area contributed by atoms with Crippen LogP contribution < -0.4 is 5.32 Å². The first-order chi connectivity index (χ1) is 9.09. The number of carbonyl (C=O) groups is 1. The number of aromatic carboxylic acids is 1. The standard InChI is InChI=1S/C16H23NO2/c1-11(2)15(13-7-9-17-10-8-13)12-3-5-14(6-4-12)16(18)19/h3-6,11,13,15,17H,7-10H2,1-2H3,(H,18,19). The predicted octanol–water partition coefficient (Wildman–Crippen LogP) is 3.12. The molecule has 104 valence electrons. The monoisotopic (exact) mass is 261 g/mol. The zero-order valence-electron chi connectivity index (χ0n) is 11.7. The van der Waals surface area contributed by atoms with Gasteiger partial charge in [0.25, 0.3) is 0 Å². The van der Waals surface area contributed by atoms with E-state index >= 15 is 0 Å². The van der Waals surface area contributed by atoms with E-state index in [9.17, 15) is 4.79 Å². The first-order valence-electron chi connectivity index (χ1n) is 7.13. The van der Waals surface area contributed by atoms with Gasteiger partial charge in [0.2, 0.25) is 0 Å². The molecule has 2 N–H and O–H groups in total. The third-order valence-corrected chi connectivity index (χ3v) is 4.15. The van der Waals surface area contributed by atoms with Gasteiger partial charge in [-0.1, -0.05) is 26.0 Å². The molecule has 2 rings (SSSR count). The molecule has 1 unspecified atom stereocenters. The minimum absolute atomic E-state index is 0.372. The van der Waals surface area contributed by atoms with Crippen LogP contribution in [-0.4, -0.2) is 24.2 Å². The van der Waals surface area contributed by atoms with Crippen molar-refractivity contribution >= 4 is 5.97 Å². The molecule has 1 aliphatic heterocycles. The van der Waals surface area contributed by atoms with Gasteiger partial charge in [0, 0.05) is 0 Å². The lowest BCUT2D eigenvalue weighted by molar-refractivity contribution is 0.0697. The lowest BCUT2D eigenvalue weighted by atomic mass is 9.74. The van der Waals surface area contributed by atoms with E-state index in [1.54, 1.807) is 12.1 Å². The topological polar surface area (TPSA) is 49.3 Å². The van der Waals surface area contributed by atoms with E-state index in [1.165, 1.54) is 18.4 Å². The number of carboxylic acids is 1. The van der Waals surface area contributed by atoms with Gasteiger partial charge in [0.05, 0.1) is 5.56 Å². The lowest BCUT2D eigenvalue weighted by Crippen LogP contribution is -2.32. The van der Waals surface area contributed by atoms with Crippen LogP contribution in [0.25, 0.3) is 0 Å². The number of piperidine rings is 1. The van der Waals surface area contributed by atoms with E-state index in [1.807, 2.05) is 12.1 Å². The Kier molecular flexibility index (Phi) is 4.59. The van der Waals surface area contributed by atoms with E-state index in [2.05, 4.69) is 19.2 Å². The van der Waals surface area contributed by atoms with E-state index < -0.39 is 5.97 Å². The summed E-state index contributed by atoms with van der Waals surface area (Å²) in [6, 6.07) is 7.45. The van der Waals surface area contributed by atoms with Crippen LogP contribution in [0.5, 0.6) is 0 Å². The Morgan fingerprint density at radius 2 is 1.79 bits per heavy atom. The van der Waals surface area contributed by atoms with E-state index in [0.29, 0.717) is 23.3 Å². The SMILES string of the molecule is CC(C)C(c1ccc(C(=O)O)cc1)C1CCNCC1. The molecule has 19 heavy (non-hydrogen) atoms. The smallest absolute Gasteiger partial charge is 0.335 e. The summed E-state index contributed by atoms with van der Waals surface area (Å²) in [5.74, 6) is 0.968. The molecule has 0 bridgehead atoms. The number of hydrogen-bond donors (Lipinski definition) is 2. The van der Waals surface area contributed by atoms with Crippen molar-refractivity contribution in [1.29, 1.82) is 0 Å². The summed E-state index contributed by atoms with van der Waals surface area (Å²) in [5, 5.41) is 12.4. The van der Waals surface area contributed by atoms with Crippen LogP contribution in [0.3, 0.4) is 0 Å². The van der Waals surface area contributed by atoms with Gasteiger partial charge in [0.1, 0.15) is 0 Å². The Morgan fingerprint density at radius 1 is 1.21 bits per heavy atom. The molecule has 0 aliphatic carbocycles. The quantitative estimate of drug-likeness (QED) is 0.875. The summed E-state index contributed by atoms with van der Waals surface area (Å²) in [6.45, 7) is 6.72. The van der Waals surface area contributed by atoms with Crippen LogP contribution in [0, 0.1) is 11.8 Å². The van der Waals surface area contributed by atoms with Crippen LogP contribution >= 0.6 is 0 Å². The first kappa shape index (κ1) is 14.1. The zero-order valence-corrected chi connectivity index (χ0v) is 11.7. The fourth-order valence-corrected chi connectivity index (χ4v) is 3.25. The van der Waals surface area contributed by atoms with Crippen LogP contribution in [0.15, 0.2) is 24.3 Å². The molecule has 1 aromatic rings. The highest BCUT2D eigenvalue weighted by Crippen LogP contribution is 2.36. The Balaban J connectivity index is 2.20. The van der Waals surface area contributed by atoms with Crippen molar-refractivity contribution in [1.82, 2.24) is 5.32 Å². The van der Waals surface area contributed by atoms with Gasteiger partial charge in [-0.3, -0.25) is 0 Å². The number of benzene rings is 1. The van der Waals surface area contributed by atoms with Crippen LogP contribution in [0.2, 0.25) is 0 Å². The van der Waals surface area contributed by atoms with Crippen LogP contribution in [0.4, 0.5) is 0 Å². The molecule has 1 atom stereocenters. The molecule has 1 saturated heterocycles. The minimum Gasteiger partial charge on any atom is -0.478 e.